The van der Waals surface area contributed by atoms with E-state index in [4.69, 9.17) is 9.47 Å². The van der Waals surface area contributed by atoms with Crippen molar-refractivity contribution in [2.75, 3.05) is 31.1 Å². The highest BCUT2D eigenvalue weighted by Crippen LogP contribution is 2.43. The molecule has 2 heterocycles. The van der Waals surface area contributed by atoms with Gasteiger partial charge < -0.3 is 34.6 Å². The molecule has 2 aliphatic heterocycles. The summed E-state index contributed by atoms with van der Waals surface area (Å²) in [5, 5.41) is 12.3. The number of nitrogens with zero attached hydrogens (tertiary/aromatic N) is 3. The fraction of sp³-hybridized carbons (Fsp3) is 0.371. The maximum absolute atomic E-state index is 14.2. The van der Waals surface area contributed by atoms with Gasteiger partial charge in [-0.2, -0.15) is 0 Å². The number of hydrogen-bond acceptors (Lipinski definition) is 6. The topological polar surface area (TPSA) is 129 Å². The highest BCUT2D eigenvalue weighted by atomic mass is 16.5. The Morgan fingerprint density at radius 2 is 1.76 bits per heavy atom. The average molecular weight is 629 g/mol. The standard InChI is InChI=1S/C35H40N4O7/c1-24(2)39(28-15-10-19-37(22-28)34(43)44)31(40)26-16-17-30-29(21-26)38(32(41)35(3,46-30)27-13-8-5-9-14-27)20-18-36-33(42)45-23-25-11-6-4-7-12-25/h4-9,11-14,16-17,21,24,28H,10,15,18-20,22-23H2,1-3H3,(H,36,42)(H,43,44)/t28-,35+/m1/s1. The first-order valence-corrected chi connectivity index (χ1v) is 15.5. The quantitative estimate of drug-likeness (QED) is 0.331. The number of fused-ring (bicyclic) bond motifs is 1. The van der Waals surface area contributed by atoms with E-state index in [0.29, 0.717) is 42.0 Å². The smallest absolute Gasteiger partial charge is 0.407 e. The van der Waals surface area contributed by atoms with Crippen LogP contribution in [0, 0.1) is 0 Å². The lowest BCUT2D eigenvalue weighted by Gasteiger charge is -2.42. The van der Waals surface area contributed by atoms with E-state index < -0.39 is 17.8 Å². The van der Waals surface area contributed by atoms with Crippen LogP contribution in [0.2, 0.25) is 0 Å². The van der Waals surface area contributed by atoms with Crippen LogP contribution >= 0.6 is 0 Å². The van der Waals surface area contributed by atoms with E-state index in [2.05, 4.69) is 5.32 Å². The molecule has 242 valence electrons. The maximum Gasteiger partial charge on any atom is 0.407 e. The van der Waals surface area contributed by atoms with Crippen molar-refractivity contribution in [1.82, 2.24) is 15.1 Å². The summed E-state index contributed by atoms with van der Waals surface area (Å²) in [7, 11) is 0. The van der Waals surface area contributed by atoms with Crippen molar-refractivity contribution in [3.05, 3.63) is 95.6 Å². The van der Waals surface area contributed by atoms with Crippen LogP contribution < -0.4 is 15.0 Å². The molecule has 11 heteroatoms. The first kappa shape index (κ1) is 32.3. The highest BCUT2D eigenvalue weighted by molar-refractivity contribution is 6.05. The number of carboxylic acid groups (broad SMARTS) is 1. The number of nitrogens with one attached hydrogen (secondary N) is 1. The molecule has 46 heavy (non-hydrogen) atoms. The zero-order valence-corrected chi connectivity index (χ0v) is 26.3. The highest BCUT2D eigenvalue weighted by Gasteiger charge is 2.46. The molecule has 3 aromatic carbocycles. The minimum absolute atomic E-state index is 0.0903. The van der Waals surface area contributed by atoms with Gasteiger partial charge in [0.1, 0.15) is 12.4 Å². The summed E-state index contributed by atoms with van der Waals surface area (Å²) < 4.78 is 11.7. The molecular formula is C35H40N4O7. The van der Waals surface area contributed by atoms with E-state index in [1.54, 1.807) is 30.0 Å². The van der Waals surface area contributed by atoms with Crippen LogP contribution in [0.25, 0.3) is 0 Å². The SMILES string of the molecule is CC(C)N(C(=O)c1ccc2c(c1)N(CCNC(=O)OCc1ccccc1)C(=O)[C@](C)(c1ccccc1)O2)[C@@H]1CCCN(C(=O)O)C1. The monoisotopic (exact) mass is 628 g/mol. The van der Waals surface area contributed by atoms with Crippen molar-refractivity contribution in [2.24, 2.45) is 0 Å². The van der Waals surface area contributed by atoms with Gasteiger partial charge in [0.15, 0.2) is 0 Å². The first-order chi connectivity index (χ1) is 22.1. The minimum atomic E-state index is -1.35. The van der Waals surface area contributed by atoms with Gasteiger partial charge in [0, 0.05) is 43.3 Å². The number of piperidine rings is 1. The molecule has 0 unspecified atom stereocenters. The summed E-state index contributed by atoms with van der Waals surface area (Å²) in [6.45, 7) is 6.49. The van der Waals surface area contributed by atoms with Crippen molar-refractivity contribution in [3.63, 3.8) is 0 Å². The number of likely N-dealkylation sites (tertiary alicyclic amines) is 1. The van der Waals surface area contributed by atoms with Crippen LogP contribution in [0.3, 0.4) is 0 Å². The van der Waals surface area contributed by atoms with Crippen LogP contribution in [0.5, 0.6) is 5.75 Å². The summed E-state index contributed by atoms with van der Waals surface area (Å²) >= 11 is 0. The molecule has 0 spiro atoms. The van der Waals surface area contributed by atoms with Gasteiger partial charge in [-0.1, -0.05) is 60.7 Å². The Balaban J connectivity index is 1.39. The summed E-state index contributed by atoms with van der Waals surface area (Å²) in [6, 6.07) is 23.0. The molecule has 5 rings (SSSR count). The summed E-state index contributed by atoms with van der Waals surface area (Å²) in [5.41, 5.74) is 0.922. The van der Waals surface area contributed by atoms with E-state index in [1.165, 1.54) is 9.80 Å². The molecule has 3 aromatic rings. The third kappa shape index (κ3) is 6.93. The van der Waals surface area contributed by atoms with Crippen molar-refractivity contribution in [1.29, 1.82) is 0 Å². The summed E-state index contributed by atoms with van der Waals surface area (Å²) in [6.07, 6.45) is -0.268. The molecule has 2 aliphatic rings. The van der Waals surface area contributed by atoms with Crippen LogP contribution in [0.4, 0.5) is 15.3 Å². The molecule has 0 radical (unpaired) electrons. The van der Waals surface area contributed by atoms with Crippen LogP contribution in [-0.2, 0) is 21.7 Å². The van der Waals surface area contributed by atoms with Crippen molar-refractivity contribution < 1.29 is 33.8 Å². The fourth-order valence-corrected chi connectivity index (χ4v) is 6.11. The molecule has 0 saturated carbocycles. The number of benzene rings is 3. The molecule has 0 aromatic heterocycles. The van der Waals surface area contributed by atoms with Crippen molar-refractivity contribution in [2.45, 2.75) is 57.9 Å². The number of ether oxygens (including phenoxy) is 2. The Kier molecular flexibility index (Phi) is 9.79. The molecule has 4 amide bonds. The zero-order valence-electron chi connectivity index (χ0n) is 26.3. The predicted octanol–water partition coefficient (Wildman–Crippen LogP) is 5.25. The van der Waals surface area contributed by atoms with Gasteiger partial charge in [0.05, 0.1) is 11.7 Å². The Morgan fingerprint density at radius 1 is 1.07 bits per heavy atom. The number of hydrogen-bond donors (Lipinski definition) is 2. The fourth-order valence-electron chi connectivity index (χ4n) is 6.11. The second kappa shape index (κ2) is 13.9. The molecule has 11 nitrogen and oxygen atoms in total. The Morgan fingerprint density at radius 3 is 2.43 bits per heavy atom. The lowest BCUT2D eigenvalue weighted by Crippen LogP contribution is -2.54. The Labute approximate surface area is 268 Å². The predicted molar refractivity (Wildman–Crippen MR) is 172 cm³/mol. The Bertz CT molecular complexity index is 1570. The van der Waals surface area contributed by atoms with Gasteiger partial charge in [-0.15, -0.1) is 0 Å². The average Bonchev–Trinajstić information content (AvgIpc) is 3.06. The van der Waals surface area contributed by atoms with E-state index in [1.807, 2.05) is 74.5 Å². The second-order valence-corrected chi connectivity index (χ2v) is 12.0. The van der Waals surface area contributed by atoms with Gasteiger partial charge in [0.2, 0.25) is 5.60 Å². The number of amides is 4. The lowest BCUT2D eigenvalue weighted by atomic mass is 9.91. The van der Waals surface area contributed by atoms with E-state index in [9.17, 15) is 24.3 Å². The van der Waals surface area contributed by atoms with Crippen LogP contribution in [0.1, 0.15) is 55.1 Å². The lowest BCUT2D eigenvalue weighted by molar-refractivity contribution is -0.135. The largest absolute Gasteiger partial charge is 0.471 e. The Hall–Kier alpha value is -5.06. The summed E-state index contributed by atoms with van der Waals surface area (Å²) in [5.74, 6) is -0.193. The third-order valence-corrected chi connectivity index (χ3v) is 8.46. The van der Waals surface area contributed by atoms with E-state index in [0.717, 1.165) is 5.56 Å². The van der Waals surface area contributed by atoms with Gasteiger partial charge in [-0.3, -0.25) is 9.59 Å². The summed E-state index contributed by atoms with van der Waals surface area (Å²) in [4.78, 5) is 57.0. The number of carbonyl (C=O) groups excluding carboxylic acids is 3. The molecule has 0 bridgehead atoms. The zero-order chi connectivity index (χ0) is 32.8. The van der Waals surface area contributed by atoms with E-state index >= 15 is 0 Å². The van der Waals surface area contributed by atoms with Gasteiger partial charge in [-0.05, 0) is 57.4 Å². The molecule has 1 saturated heterocycles. The van der Waals surface area contributed by atoms with E-state index in [-0.39, 0.29) is 50.1 Å². The van der Waals surface area contributed by atoms with Gasteiger partial charge >= 0.3 is 12.2 Å². The second-order valence-electron chi connectivity index (χ2n) is 12.0. The molecular weight excluding hydrogens is 588 g/mol. The number of carbonyl (C=O) groups is 4. The number of alkyl carbamates (subject to hydrolysis) is 1. The maximum atomic E-state index is 14.2. The third-order valence-electron chi connectivity index (χ3n) is 8.46. The normalized spacial score (nSPS) is 19.2. The van der Waals surface area contributed by atoms with Gasteiger partial charge in [-0.25, -0.2) is 9.59 Å². The first-order valence-electron chi connectivity index (χ1n) is 15.5. The molecule has 0 aliphatic carbocycles. The number of rotatable bonds is 9. The molecule has 1 fully saturated rings. The van der Waals surface area contributed by atoms with Crippen LogP contribution in [0.15, 0.2) is 78.9 Å². The van der Waals surface area contributed by atoms with Crippen LogP contribution in [-0.4, -0.2) is 77.2 Å². The van der Waals surface area contributed by atoms with Gasteiger partial charge in [0.25, 0.3) is 11.8 Å². The number of anilines is 1. The molecule has 2 atom stereocenters. The van der Waals surface area contributed by atoms with Crippen molar-refractivity contribution in [3.8, 4) is 5.75 Å². The van der Waals surface area contributed by atoms with Crippen molar-refractivity contribution >= 4 is 29.7 Å². The molecule has 2 N–H and O–H groups in total. The minimum Gasteiger partial charge on any atom is -0.471 e.